The quantitative estimate of drug-likeness (QED) is 0.923. The summed E-state index contributed by atoms with van der Waals surface area (Å²) in [5.41, 5.74) is 2.72. The molecule has 0 aliphatic carbocycles. The van der Waals surface area contributed by atoms with Crippen molar-refractivity contribution in [3.8, 4) is 0 Å². The topological polar surface area (TPSA) is 40.5 Å². The van der Waals surface area contributed by atoms with E-state index in [-0.39, 0.29) is 17.4 Å². The maximum atomic E-state index is 12.3. The molecule has 1 amide bonds. The second-order valence-corrected chi connectivity index (χ2v) is 7.91. The Morgan fingerprint density at radius 3 is 2.26 bits per heavy atom. The molecular weight excluding hydrogens is 286 g/mol. The molecule has 1 aromatic rings. The van der Waals surface area contributed by atoms with Gasteiger partial charge in [0.05, 0.1) is 6.10 Å². The molecule has 1 aliphatic rings. The predicted octanol–water partition coefficient (Wildman–Crippen LogP) is 3.54. The number of rotatable bonds is 4. The van der Waals surface area contributed by atoms with Crippen LogP contribution >= 0.6 is 0 Å². The van der Waals surface area contributed by atoms with Crippen molar-refractivity contribution in [1.29, 1.82) is 0 Å². The molecule has 2 rings (SSSR count). The van der Waals surface area contributed by atoms with Gasteiger partial charge in [0.2, 0.25) is 5.91 Å². The lowest BCUT2D eigenvalue weighted by molar-refractivity contribution is -0.133. The molecule has 3 nitrogen and oxygen atoms in total. The van der Waals surface area contributed by atoms with Crippen molar-refractivity contribution >= 4 is 5.91 Å². The smallest absolute Gasteiger partial charge is 0.222 e. The van der Waals surface area contributed by atoms with Crippen LogP contribution in [0.3, 0.4) is 0 Å². The Morgan fingerprint density at radius 2 is 1.78 bits per heavy atom. The van der Waals surface area contributed by atoms with Crippen molar-refractivity contribution in [2.24, 2.45) is 5.92 Å². The van der Waals surface area contributed by atoms with Crippen LogP contribution in [0.25, 0.3) is 0 Å². The number of aliphatic hydroxyl groups excluding tert-OH is 1. The molecule has 1 atom stereocenters. The molecule has 128 valence electrons. The second kappa shape index (κ2) is 7.48. The fourth-order valence-electron chi connectivity index (χ4n) is 3.21. The number of aryl methyl sites for hydroxylation is 1. The van der Waals surface area contributed by atoms with E-state index in [1.165, 1.54) is 11.1 Å². The van der Waals surface area contributed by atoms with Gasteiger partial charge in [-0.25, -0.2) is 0 Å². The normalized spacial score (nSPS) is 18.0. The highest BCUT2D eigenvalue weighted by Gasteiger charge is 2.25. The molecule has 1 aliphatic heterocycles. The van der Waals surface area contributed by atoms with Crippen molar-refractivity contribution < 1.29 is 9.90 Å². The van der Waals surface area contributed by atoms with E-state index in [4.69, 9.17) is 0 Å². The molecule has 1 N–H and O–H groups in total. The van der Waals surface area contributed by atoms with Crippen molar-refractivity contribution in [1.82, 2.24) is 4.90 Å². The summed E-state index contributed by atoms with van der Waals surface area (Å²) >= 11 is 0. The van der Waals surface area contributed by atoms with Crippen LogP contribution in [0.15, 0.2) is 24.3 Å². The van der Waals surface area contributed by atoms with Crippen LogP contribution in [0, 0.1) is 5.92 Å². The van der Waals surface area contributed by atoms with Crippen molar-refractivity contribution in [2.75, 3.05) is 13.1 Å². The van der Waals surface area contributed by atoms with Crippen LogP contribution < -0.4 is 0 Å². The number of hydrogen-bond donors (Lipinski definition) is 1. The Bertz CT molecular complexity index is 505. The Hall–Kier alpha value is -1.35. The zero-order valence-corrected chi connectivity index (χ0v) is 15.0. The van der Waals surface area contributed by atoms with Crippen LogP contribution in [-0.4, -0.2) is 35.1 Å². The summed E-state index contributed by atoms with van der Waals surface area (Å²) in [6, 6.07) is 8.64. The van der Waals surface area contributed by atoms with E-state index in [1.807, 2.05) is 11.8 Å². The van der Waals surface area contributed by atoms with E-state index in [0.717, 1.165) is 32.4 Å². The van der Waals surface area contributed by atoms with Crippen LogP contribution in [0.4, 0.5) is 0 Å². The number of carbonyl (C=O) groups is 1. The molecule has 1 heterocycles. The highest BCUT2D eigenvalue weighted by molar-refractivity contribution is 5.76. The molecular formula is C20H31NO2. The number of piperidine rings is 1. The first kappa shape index (κ1) is 18.0. The monoisotopic (exact) mass is 317 g/mol. The average Bonchev–Trinajstić information content (AvgIpc) is 2.52. The Kier molecular flexibility index (Phi) is 5.85. The van der Waals surface area contributed by atoms with Gasteiger partial charge in [-0.3, -0.25) is 4.79 Å². The molecule has 1 aromatic carbocycles. The molecule has 1 saturated heterocycles. The van der Waals surface area contributed by atoms with Gasteiger partial charge in [0, 0.05) is 19.5 Å². The second-order valence-electron chi connectivity index (χ2n) is 7.91. The third-order valence-corrected chi connectivity index (χ3v) is 5.02. The first-order valence-electron chi connectivity index (χ1n) is 8.82. The van der Waals surface area contributed by atoms with E-state index in [2.05, 4.69) is 45.0 Å². The number of hydrogen-bond acceptors (Lipinski definition) is 2. The fraction of sp³-hybridized carbons (Fsp3) is 0.650. The minimum absolute atomic E-state index is 0.169. The van der Waals surface area contributed by atoms with Crippen LogP contribution in [0.2, 0.25) is 0 Å². The van der Waals surface area contributed by atoms with E-state index < -0.39 is 0 Å². The summed E-state index contributed by atoms with van der Waals surface area (Å²) in [7, 11) is 0. The minimum Gasteiger partial charge on any atom is -0.393 e. The molecule has 1 unspecified atom stereocenters. The van der Waals surface area contributed by atoms with E-state index in [1.54, 1.807) is 0 Å². The predicted molar refractivity (Wildman–Crippen MR) is 94.4 cm³/mol. The number of nitrogens with zero attached hydrogens (tertiary/aromatic N) is 1. The minimum atomic E-state index is -0.256. The summed E-state index contributed by atoms with van der Waals surface area (Å²) in [6.07, 6.45) is 2.97. The molecule has 0 saturated carbocycles. The van der Waals surface area contributed by atoms with Crippen LogP contribution in [0.1, 0.15) is 58.1 Å². The summed E-state index contributed by atoms with van der Waals surface area (Å²) in [4.78, 5) is 14.3. The maximum absolute atomic E-state index is 12.3. The largest absolute Gasteiger partial charge is 0.393 e. The molecule has 1 fully saturated rings. The van der Waals surface area contributed by atoms with E-state index in [0.29, 0.717) is 12.3 Å². The fourth-order valence-corrected chi connectivity index (χ4v) is 3.21. The zero-order chi connectivity index (χ0) is 17.0. The maximum Gasteiger partial charge on any atom is 0.222 e. The van der Waals surface area contributed by atoms with Gasteiger partial charge in [0.1, 0.15) is 0 Å². The number of benzene rings is 1. The molecule has 0 bridgehead atoms. The van der Waals surface area contributed by atoms with E-state index >= 15 is 0 Å². The Morgan fingerprint density at radius 1 is 1.22 bits per heavy atom. The molecule has 0 spiro atoms. The highest BCUT2D eigenvalue weighted by atomic mass is 16.3. The van der Waals surface area contributed by atoms with Gasteiger partial charge in [-0.1, -0.05) is 45.0 Å². The van der Waals surface area contributed by atoms with Gasteiger partial charge in [-0.15, -0.1) is 0 Å². The van der Waals surface area contributed by atoms with Gasteiger partial charge < -0.3 is 10.0 Å². The Balaban J connectivity index is 1.81. The Labute approximate surface area is 140 Å². The van der Waals surface area contributed by atoms with Gasteiger partial charge in [0.25, 0.3) is 0 Å². The highest BCUT2D eigenvalue weighted by Crippen LogP contribution is 2.23. The zero-order valence-electron chi connectivity index (χ0n) is 15.0. The summed E-state index contributed by atoms with van der Waals surface area (Å²) in [5, 5.41) is 9.63. The third-order valence-electron chi connectivity index (χ3n) is 5.02. The number of carbonyl (C=O) groups excluding carboxylic acids is 1. The van der Waals surface area contributed by atoms with Crippen LogP contribution in [-0.2, 0) is 16.6 Å². The first-order valence-corrected chi connectivity index (χ1v) is 8.82. The lowest BCUT2D eigenvalue weighted by Gasteiger charge is -2.33. The van der Waals surface area contributed by atoms with E-state index in [9.17, 15) is 9.90 Å². The average molecular weight is 317 g/mol. The van der Waals surface area contributed by atoms with Crippen LogP contribution in [0.5, 0.6) is 0 Å². The molecule has 0 radical (unpaired) electrons. The van der Waals surface area contributed by atoms with Gasteiger partial charge in [-0.2, -0.15) is 0 Å². The summed E-state index contributed by atoms with van der Waals surface area (Å²) in [5.74, 6) is 0.595. The lowest BCUT2D eigenvalue weighted by Crippen LogP contribution is -2.40. The van der Waals surface area contributed by atoms with Gasteiger partial charge >= 0.3 is 0 Å². The first-order chi connectivity index (χ1) is 10.8. The van der Waals surface area contributed by atoms with Gasteiger partial charge in [-0.05, 0) is 48.6 Å². The molecule has 0 aromatic heterocycles. The molecule has 23 heavy (non-hydrogen) atoms. The summed E-state index contributed by atoms with van der Waals surface area (Å²) < 4.78 is 0. The SMILES string of the molecule is CC(O)C1CCN(C(=O)CCc2ccc(C(C)(C)C)cc2)CC1. The molecule has 3 heteroatoms. The lowest BCUT2D eigenvalue weighted by atomic mass is 9.86. The number of likely N-dealkylation sites (tertiary alicyclic amines) is 1. The van der Waals surface area contributed by atoms with Crippen molar-refractivity contribution in [3.63, 3.8) is 0 Å². The number of amides is 1. The summed E-state index contributed by atoms with van der Waals surface area (Å²) in [6.45, 7) is 10.1. The standard InChI is InChI=1S/C20H31NO2/c1-15(22)17-11-13-21(14-12-17)19(23)10-7-16-5-8-18(9-6-16)20(2,3)4/h5-6,8-9,15,17,22H,7,10-14H2,1-4H3. The van der Waals surface area contributed by atoms with Gasteiger partial charge in [0.15, 0.2) is 0 Å². The third kappa shape index (κ3) is 5.07. The number of aliphatic hydroxyl groups is 1. The van der Waals surface area contributed by atoms with Crippen molar-refractivity contribution in [2.45, 2.75) is 64.9 Å². The van der Waals surface area contributed by atoms with Crippen molar-refractivity contribution in [3.05, 3.63) is 35.4 Å².